The third kappa shape index (κ3) is 6.57. The summed E-state index contributed by atoms with van der Waals surface area (Å²) in [6.45, 7) is 4.61. The van der Waals surface area contributed by atoms with E-state index in [0.717, 1.165) is 12.8 Å². The van der Waals surface area contributed by atoms with E-state index in [1.54, 1.807) is 0 Å². The van der Waals surface area contributed by atoms with Gasteiger partial charge in [-0.3, -0.25) is 0 Å². The summed E-state index contributed by atoms with van der Waals surface area (Å²) in [7, 11) is 0. The van der Waals surface area contributed by atoms with E-state index >= 15 is 0 Å². The molecule has 1 aromatic heterocycles. The van der Waals surface area contributed by atoms with Gasteiger partial charge in [-0.15, -0.1) is 11.3 Å². The van der Waals surface area contributed by atoms with Crippen LogP contribution in [0.3, 0.4) is 0 Å². The van der Waals surface area contributed by atoms with Gasteiger partial charge in [0.15, 0.2) is 0 Å². The highest BCUT2D eigenvalue weighted by atomic mass is 32.1. The van der Waals surface area contributed by atoms with Gasteiger partial charge in [0.1, 0.15) is 0 Å². The van der Waals surface area contributed by atoms with Crippen LogP contribution in [0.4, 0.5) is 0 Å². The summed E-state index contributed by atoms with van der Waals surface area (Å²) in [6, 6.07) is 69.3. The lowest BCUT2D eigenvalue weighted by Crippen LogP contribution is -2.04. The molecule has 54 heavy (non-hydrogen) atoms. The average Bonchev–Trinajstić information content (AvgIpc) is 3.62. The Morgan fingerprint density at radius 2 is 1.00 bits per heavy atom. The maximum absolute atomic E-state index is 2.50. The zero-order valence-electron chi connectivity index (χ0n) is 30.8. The molecule has 0 aliphatic rings. The fourth-order valence-electron chi connectivity index (χ4n) is 8.18. The largest absolute Gasteiger partial charge is 0.135 e. The highest BCUT2D eigenvalue weighted by Crippen LogP contribution is 2.44. The molecule has 0 aliphatic carbocycles. The first-order valence-corrected chi connectivity index (χ1v) is 19.9. The third-order valence-corrected chi connectivity index (χ3v) is 12.3. The van der Waals surface area contributed by atoms with Crippen LogP contribution in [0.2, 0.25) is 0 Å². The monoisotopic (exact) mass is 710 g/mol. The quantitative estimate of drug-likeness (QED) is 0.140. The topological polar surface area (TPSA) is 0 Å². The molecule has 260 valence electrons. The van der Waals surface area contributed by atoms with Gasteiger partial charge in [0.25, 0.3) is 0 Å². The number of aryl methyl sites for hydroxylation is 1. The average molecular weight is 711 g/mol. The molecular weight excluding hydrogens is 669 g/mol. The van der Waals surface area contributed by atoms with Gasteiger partial charge in [-0.05, 0) is 128 Å². The Morgan fingerprint density at radius 1 is 0.426 bits per heavy atom. The van der Waals surface area contributed by atoms with Gasteiger partial charge in [0, 0.05) is 20.2 Å². The predicted molar refractivity (Wildman–Crippen MR) is 234 cm³/mol. The SMILES string of the molecule is CCC(Cc1ccccc1-c1ccc(-c2cccc(-c3ccccc3)c2)cc1C)c1cc(-c2cccc(-c3ccccc3)c2)c2sc3ccccc3c2c1. The van der Waals surface area contributed by atoms with E-state index in [0.29, 0.717) is 5.92 Å². The molecule has 0 radical (unpaired) electrons. The van der Waals surface area contributed by atoms with Crippen molar-refractivity contribution in [2.75, 3.05) is 0 Å². The number of thiophene rings is 1. The first-order valence-electron chi connectivity index (χ1n) is 19.1. The molecule has 9 aromatic rings. The van der Waals surface area contributed by atoms with Crippen LogP contribution >= 0.6 is 11.3 Å². The Kier molecular flexibility index (Phi) is 9.25. The van der Waals surface area contributed by atoms with Gasteiger partial charge in [-0.25, -0.2) is 0 Å². The Balaban J connectivity index is 1.09. The summed E-state index contributed by atoms with van der Waals surface area (Å²) < 4.78 is 2.71. The Morgan fingerprint density at radius 3 is 1.70 bits per heavy atom. The molecule has 0 amide bonds. The van der Waals surface area contributed by atoms with Gasteiger partial charge in [0.2, 0.25) is 0 Å². The van der Waals surface area contributed by atoms with E-state index < -0.39 is 0 Å². The van der Waals surface area contributed by atoms with Crippen molar-refractivity contribution >= 4 is 31.5 Å². The van der Waals surface area contributed by atoms with Crippen molar-refractivity contribution < 1.29 is 0 Å². The fourth-order valence-corrected chi connectivity index (χ4v) is 9.40. The predicted octanol–water partition coefficient (Wildman–Crippen LogP) is 15.4. The third-order valence-electron chi connectivity index (χ3n) is 11.0. The van der Waals surface area contributed by atoms with Crippen LogP contribution in [0.25, 0.3) is 75.8 Å². The van der Waals surface area contributed by atoms with Crippen molar-refractivity contribution in [3.63, 3.8) is 0 Å². The molecule has 0 saturated heterocycles. The molecule has 8 aromatic carbocycles. The van der Waals surface area contributed by atoms with Gasteiger partial charge < -0.3 is 0 Å². The fraction of sp³-hybridized carbons (Fsp3) is 0.0943. The van der Waals surface area contributed by atoms with Crippen molar-refractivity contribution in [1.82, 2.24) is 0 Å². The summed E-state index contributed by atoms with van der Waals surface area (Å²) >= 11 is 1.92. The van der Waals surface area contributed by atoms with E-state index in [9.17, 15) is 0 Å². The normalized spacial score (nSPS) is 12.0. The van der Waals surface area contributed by atoms with Crippen molar-refractivity contribution in [3.05, 3.63) is 205 Å². The van der Waals surface area contributed by atoms with Crippen LogP contribution in [0.15, 0.2) is 188 Å². The first kappa shape index (κ1) is 33.8. The molecule has 0 saturated carbocycles. The molecule has 0 bridgehead atoms. The van der Waals surface area contributed by atoms with E-state index in [2.05, 4.69) is 202 Å². The van der Waals surface area contributed by atoms with Gasteiger partial charge in [-0.2, -0.15) is 0 Å². The van der Waals surface area contributed by atoms with Gasteiger partial charge in [0.05, 0.1) is 0 Å². The summed E-state index contributed by atoms with van der Waals surface area (Å²) in [6.07, 6.45) is 2.03. The molecule has 0 aliphatic heterocycles. The number of benzene rings is 8. The maximum Gasteiger partial charge on any atom is 0.0434 e. The molecule has 1 heteroatoms. The number of fused-ring (bicyclic) bond motifs is 3. The molecule has 0 nitrogen and oxygen atoms in total. The summed E-state index contributed by atoms with van der Waals surface area (Å²) in [5, 5.41) is 2.71. The lowest BCUT2D eigenvalue weighted by Gasteiger charge is -2.21. The highest BCUT2D eigenvalue weighted by molar-refractivity contribution is 7.26. The molecule has 1 atom stereocenters. The molecule has 1 unspecified atom stereocenters. The second-order valence-electron chi connectivity index (χ2n) is 14.4. The highest BCUT2D eigenvalue weighted by Gasteiger charge is 2.20. The molecule has 9 rings (SSSR count). The lowest BCUT2D eigenvalue weighted by atomic mass is 9.84. The number of rotatable bonds is 9. The van der Waals surface area contributed by atoms with Crippen molar-refractivity contribution in [2.45, 2.75) is 32.6 Å². The Bertz CT molecular complexity index is 2730. The molecule has 1 heterocycles. The van der Waals surface area contributed by atoms with Crippen LogP contribution in [-0.2, 0) is 6.42 Å². The minimum Gasteiger partial charge on any atom is -0.135 e. The Labute approximate surface area is 323 Å². The number of hydrogen-bond acceptors (Lipinski definition) is 1. The van der Waals surface area contributed by atoms with Crippen LogP contribution in [-0.4, -0.2) is 0 Å². The minimum atomic E-state index is 0.366. The first-order chi connectivity index (χ1) is 26.6. The van der Waals surface area contributed by atoms with Crippen molar-refractivity contribution in [3.8, 4) is 55.6 Å². The summed E-state index contributed by atoms with van der Waals surface area (Å²) in [5.41, 5.74) is 16.8. The zero-order valence-corrected chi connectivity index (χ0v) is 31.6. The maximum atomic E-state index is 2.50. The van der Waals surface area contributed by atoms with Crippen LogP contribution < -0.4 is 0 Å². The van der Waals surface area contributed by atoms with Crippen molar-refractivity contribution in [2.24, 2.45) is 0 Å². The Hall–Kier alpha value is -6.02. The standard InChI is InChI=1S/C53H42S/c1-3-37(31-44-20-10-11-25-48(44)47-29-28-43(30-36(47)2)42-23-14-21-40(32-42)38-16-6-4-7-17-38)46-34-50(53-51(35-46)49-26-12-13-27-52(49)54-53)45-24-15-22-41(33-45)39-18-8-5-9-19-39/h4-30,32-35,37H,3,31H2,1-2H3. The van der Waals surface area contributed by atoms with E-state index in [-0.39, 0.29) is 0 Å². The number of hydrogen-bond donors (Lipinski definition) is 0. The van der Waals surface area contributed by atoms with Crippen molar-refractivity contribution in [1.29, 1.82) is 0 Å². The van der Waals surface area contributed by atoms with E-state index in [1.165, 1.54) is 92.5 Å². The van der Waals surface area contributed by atoms with E-state index in [1.807, 2.05) is 11.3 Å². The van der Waals surface area contributed by atoms with Gasteiger partial charge >= 0.3 is 0 Å². The van der Waals surface area contributed by atoms with Crippen LogP contribution in [0.1, 0.15) is 36.0 Å². The molecule has 0 spiro atoms. The lowest BCUT2D eigenvalue weighted by molar-refractivity contribution is 0.662. The zero-order chi connectivity index (χ0) is 36.4. The smallest absolute Gasteiger partial charge is 0.0434 e. The minimum absolute atomic E-state index is 0.366. The second kappa shape index (κ2) is 14.8. The van der Waals surface area contributed by atoms with E-state index in [4.69, 9.17) is 0 Å². The van der Waals surface area contributed by atoms with Gasteiger partial charge in [-0.1, -0.05) is 165 Å². The van der Waals surface area contributed by atoms with Crippen LogP contribution in [0, 0.1) is 6.92 Å². The molecular formula is C53H42S. The molecule has 0 fully saturated rings. The summed E-state index contributed by atoms with van der Waals surface area (Å²) in [5.74, 6) is 0.366. The molecule has 0 N–H and O–H groups in total. The second-order valence-corrected chi connectivity index (χ2v) is 15.5. The van der Waals surface area contributed by atoms with Crippen LogP contribution in [0.5, 0.6) is 0 Å². The summed E-state index contributed by atoms with van der Waals surface area (Å²) in [4.78, 5) is 0.